The van der Waals surface area contributed by atoms with Gasteiger partial charge in [0.15, 0.2) is 0 Å². The Labute approximate surface area is 88.5 Å². The van der Waals surface area contributed by atoms with Crippen LogP contribution in [0.1, 0.15) is 13.3 Å². The Kier molecular flexibility index (Phi) is 8.64. The number of carbonyl (C=O) groups excluding carboxylic acids is 1. The third kappa shape index (κ3) is 9.13. The van der Waals surface area contributed by atoms with Gasteiger partial charge in [-0.2, -0.15) is 5.10 Å². The van der Waals surface area contributed by atoms with Crippen LogP contribution in [0, 0.1) is 0 Å². The van der Waals surface area contributed by atoms with Crippen molar-refractivity contribution in [2.24, 2.45) is 5.10 Å². The van der Waals surface area contributed by atoms with Crippen LogP contribution in [0.15, 0.2) is 5.10 Å². The van der Waals surface area contributed by atoms with Crippen LogP contribution < -0.4 is 16.3 Å². The van der Waals surface area contributed by atoms with Crippen molar-refractivity contribution in [2.45, 2.75) is 13.3 Å². The van der Waals surface area contributed by atoms with Gasteiger partial charge in [-0.25, -0.2) is 5.43 Å². The number of hydrogen-bond donors (Lipinski definition) is 5. The molecule has 0 bridgehead atoms. The average molecular weight is 218 g/mol. The number of aliphatic hydroxyl groups is 2. The zero-order chi connectivity index (χ0) is 11.5. The van der Waals surface area contributed by atoms with Crippen molar-refractivity contribution in [3.8, 4) is 0 Å². The van der Waals surface area contributed by atoms with Crippen molar-refractivity contribution < 1.29 is 15.0 Å². The van der Waals surface area contributed by atoms with Crippen LogP contribution in [0.2, 0.25) is 0 Å². The molecule has 0 aromatic carbocycles. The maximum atomic E-state index is 11.1. The molecule has 15 heavy (non-hydrogen) atoms. The third-order valence-electron chi connectivity index (χ3n) is 1.37. The normalized spacial score (nSPS) is 11.3. The van der Waals surface area contributed by atoms with Crippen molar-refractivity contribution in [2.75, 3.05) is 26.3 Å². The molecule has 1 amide bonds. The van der Waals surface area contributed by atoms with Crippen molar-refractivity contribution >= 4 is 11.6 Å². The number of aliphatic hydroxyl groups excluding tert-OH is 2. The van der Waals surface area contributed by atoms with E-state index < -0.39 is 0 Å². The lowest BCUT2D eigenvalue weighted by Gasteiger charge is -2.05. The van der Waals surface area contributed by atoms with E-state index in [1.165, 1.54) is 0 Å². The zero-order valence-electron chi connectivity index (χ0n) is 8.79. The van der Waals surface area contributed by atoms with E-state index in [2.05, 4.69) is 21.4 Å². The maximum absolute atomic E-state index is 11.1. The van der Waals surface area contributed by atoms with Gasteiger partial charge >= 0.3 is 0 Å². The second-order valence-electron chi connectivity index (χ2n) is 2.85. The summed E-state index contributed by atoms with van der Waals surface area (Å²) in [6.07, 6.45) is 0.164. The molecule has 0 spiro atoms. The Hall–Kier alpha value is -1.18. The van der Waals surface area contributed by atoms with Gasteiger partial charge in [0.25, 0.3) is 0 Å². The van der Waals surface area contributed by atoms with E-state index in [4.69, 9.17) is 10.2 Å². The van der Waals surface area contributed by atoms with E-state index in [1.54, 1.807) is 6.92 Å². The minimum Gasteiger partial charge on any atom is -0.395 e. The largest absolute Gasteiger partial charge is 0.395 e. The van der Waals surface area contributed by atoms with Crippen LogP contribution in [-0.4, -0.2) is 48.1 Å². The van der Waals surface area contributed by atoms with E-state index in [9.17, 15) is 4.79 Å². The molecule has 7 heteroatoms. The molecule has 0 saturated carbocycles. The van der Waals surface area contributed by atoms with Crippen LogP contribution in [-0.2, 0) is 4.79 Å². The van der Waals surface area contributed by atoms with Crippen molar-refractivity contribution in [1.29, 1.82) is 0 Å². The Morgan fingerprint density at radius 2 is 1.93 bits per heavy atom. The van der Waals surface area contributed by atoms with Crippen molar-refractivity contribution in [3.63, 3.8) is 0 Å². The highest BCUT2D eigenvalue weighted by Crippen LogP contribution is 1.84. The van der Waals surface area contributed by atoms with Gasteiger partial charge in [-0.15, -0.1) is 0 Å². The lowest BCUT2D eigenvalue weighted by molar-refractivity contribution is -0.120. The van der Waals surface area contributed by atoms with E-state index in [0.717, 1.165) is 0 Å². The SMILES string of the molecule is C/C(CC(=O)NNCCO)=N/NCCO. The highest BCUT2D eigenvalue weighted by atomic mass is 16.3. The number of nitrogens with zero attached hydrogens (tertiary/aromatic N) is 1. The molecule has 0 aromatic rings. The molecule has 0 aliphatic heterocycles. The molecule has 0 radical (unpaired) electrons. The first-order chi connectivity index (χ1) is 7.20. The fourth-order valence-corrected chi connectivity index (χ4v) is 0.774. The predicted octanol–water partition coefficient (Wildman–Crippen LogP) is -2.05. The van der Waals surface area contributed by atoms with Gasteiger partial charge in [0, 0.05) is 12.3 Å². The van der Waals surface area contributed by atoms with Gasteiger partial charge in [0.05, 0.1) is 26.2 Å². The van der Waals surface area contributed by atoms with E-state index in [-0.39, 0.29) is 25.5 Å². The topological polar surface area (TPSA) is 106 Å². The summed E-state index contributed by atoms with van der Waals surface area (Å²) in [6.45, 7) is 2.34. The summed E-state index contributed by atoms with van der Waals surface area (Å²) in [5.74, 6) is -0.226. The van der Waals surface area contributed by atoms with Gasteiger partial charge in [0.1, 0.15) is 0 Å². The molecule has 7 nitrogen and oxygen atoms in total. The van der Waals surface area contributed by atoms with E-state index in [1.807, 2.05) is 0 Å². The third-order valence-corrected chi connectivity index (χ3v) is 1.37. The number of nitrogens with one attached hydrogen (secondary N) is 3. The second-order valence-corrected chi connectivity index (χ2v) is 2.85. The van der Waals surface area contributed by atoms with Gasteiger partial charge in [-0.05, 0) is 6.92 Å². The molecule has 0 saturated heterocycles. The molecule has 0 unspecified atom stereocenters. The Balaban J connectivity index is 3.60. The molecule has 0 aromatic heterocycles. The number of amides is 1. The Morgan fingerprint density at radius 1 is 1.27 bits per heavy atom. The fraction of sp³-hybridized carbons (Fsp3) is 0.750. The van der Waals surface area contributed by atoms with Crippen molar-refractivity contribution in [1.82, 2.24) is 16.3 Å². The highest BCUT2D eigenvalue weighted by Gasteiger charge is 2.02. The number of hydrogen-bond acceptors (Lipinski definition) is 6. The van der Waals surface area contributed by atoms with Gasteiger partial charge < -0.3 is 15.6 Å². The van der Waals surface area contributed by atoms with Crippen molar-refractivity contribution in [3.05, 3.63) is 0 Å². The van der Waals surface area contributed by atoms with Crippen LogP contribution in [0.3, 0.4) is 0 Å². The van der Waals surface area contributed by atoms with Crippen LogP contribution in [0.4, 0.5) is 0 Å². The second kappa shape index (κ2) is 9.38. The van der Waals surface area contributed by atoms with Gasteiger partial charge in [-0.3, -0.25) is 10.2 Å². The van der Waals surface area contributed by atoms with Crippen LogP contribution in [0.25, 0.3) is 0 Å². The average Bonchev–Trinajstić information content (AvgIpc) is 2.18. The smallest absolute Gasteiger partial charge is 0.239 e. The molecular weight excluding hydrogens is 200 g/mol. The molecule has 0 aliphatic rings. The maximum Gasteiger partial charge on any atom is 0.239 e. The molecule has 0 atom stereocenters. The first-order valence-corrected chi connectivity index (χ1v) is 4.70. The molecule has 0 fully saturated rings. The predicted molar refractivity (Wildman–Crippen MR) is 56.0 cm³/mol. The molecule has 5 N–H and O–H groups in total. The monoisotopic (exact) mass is 218 g/mol. The van der Waals surface area contributed by atoms with Gasteiger partial charge in [0.2, 0.25) is 5.91 Å². The lowest BCUT2D eigenvalue weighted by atomic mass is 10.3. The number of carbonyl (C=O) groups is 1. The number of hydrazone groups is 1. The summed E-state index contributed by atoms with van der Waals surface area (Å²) >= 11 is 0. The van der Waals surface area contributed by atoms with Crippen LogP contribution >= 0.6 is 0 Å². The molecule has 0 heterocycles. The standard InChI is InChI=1S/C8H18N4O3/c1-7(11-9-2-4-13)6-8(15)12-10-3-5-14/h9-10,13-14H,2-6H2,1H3,(H,12,15)/b11-7-. The van der Waals surface area contributed by atoms with E-state index in [0.29, 0.717) is 18.8 Å². The summed E-state index contributed by atoms with van der Waals surface area (Å²) in [6, 6.07) is 0. The Bertz CT molecular complexity index is 208. The molecular formula is C8H18N4O3. The first-order valence-electron chi connectivity index (χ1n) is 4.70. The summed E-state index contributed by atoms with van der Waals surface area (Å²) in [4.78, 5) is 11.1. The molecule has 0 aliphatic carbocycles. The summed E-state index contributed by atoms with van der Waals surface area (Å²) < 4.78 is 0. The number of rotatable bonds is 8. The summed E-state index contributed by atoms with van der Waals surface area (Å²) in [5, 5.41) is 20.7. The van der Waals surface area contributed by atoms with E-state index >= 15 is 0 Å². The Morgan fingerprint density at radius 3 is 2.53 bits per heavy atom. The first kappa shape index (κ1) is 13.8. The fourth-order valence-electron chi connectivity index (χ4n) is 0.774. The zero-order valence-corrected chi connectivity index (χ0v) is 8.79. The molecule has 88 valence electrons. The van der Waals surface area contributed by atoms with Gasteiger partial charge in [-0.1, -0.05) is 0 Å². The minimum atomic E-state index is -0.226. The molecule has 0 rings (SSSR count). The summed E-state index contributed by atoms with van der Waals surface area (Å²) in [5.41, 5.74) is 8.16. The lowest BCUT2D eigenvalue weighted by Crippen LogP contribution is -2.39. The summed E-state index contributed by atoms with van der Waals surface area (Å²) in [7, 11) is 0. The minimum absolute atomic E-state index is 0.00102. The quantitative estimate of drug-likeness (QED) is 0.183. The highest BCUT2D eigenvalue weighted by molar-refractivity contribution is 5.99. The van der Waals surface area contributed by atoms with Crippen LogP contribution in [0.5, 0.6) is 0 Å². The number of hydrazine groups is 1.